The molecular formula is C16H20F2N2S. The molecule has 0 aliphatic heterocycles. The maximum atomic E-state index is 13.4. The van der Waals surface area contributed by atoms with Crippen LogP contribution in [-0.4, -0.2) is 24.5 Å². The van der Waals surface area contributed by atoms with E-state index in [2.05, 4.69) is 17.9 Å². The van der Waals surface area contributed by atoms with E-state index in [1.165, 1.54) is 17.0 Å². The zero-order valence-corrected chi connectivity index (χ0v) is 13.0. The Kier molecular flexibility index (Phi) is 5.45. The first-order valence-corrected chi connectivity index (χ1v) is 7.79. The fourth-order valence-electron chi connectivity index (χ4n) is 2.48. The van der Waals surface area contributed by atoms with Crippen molar-refractivity contribution < 1.29 is 8.78 Å². The van der Waals surface area contributed by atoms with Gasteiger partial charge >= 0.3 is 0 Å². The van der Waals surface area contributed by atoms with E-state index in [1.54, 1.807) is 11.3 Å². The molecule has 21 heavy (non-hydrogen) atoms. The van der Waals surface area contributed by atoms with Crippen LogP contribution in [0.5, 0.6) is 0 Å². The summed E-state index contributed by atoms with van der Waals surface area (Å²) < 4.78 is 26.8. The van der Waals surface area contributed by atoms with E-state index in [0.717, 1.165) is 12.5 Å². The van der Waals surface area contributed by atoms with Gasteiger partial charge in [0.1, 0.15) is 11.6 Å². The van der Waals surface area contributed by atoms with Crippen LogP contribution in [0.2, 0.25) is 0 Å². The van der Waals surface area contributed by atoms with Crippen molar-refractivity contribution in [3.05, 3.63) is 57.8 Å². The van der Waals surface area contributed by atoms with Crippen molar-refractivity contribution in [3.8, 4) is 0 Å². The minimum absolute atomic E-state index is 0.204. The molecule has 1 aromatic carbocycles. The number of benzene rings is 1. The van der Waals surface area contributed by atoms with E-state index >= 15 is 0 Å². The third-order valence-electron chi connectivity index (χ3n) is 3.76. The molecule has 0 radical (unpaired) electrons. The highest BCUT2D eigenvalue weighted by Gasteiger charge is 2.22. The van der Waals surface area contributed by atoms with E-state index in [9.17, 15) is 8.78 Å². The van der Waals surface area contributed by atoms with Gasteiger partial charge in [-0.2, -0.15) is 0 Å². The predicted molar refractivity (Wildman–Crippen MR) is 83.4 cm³/mol. The smallest absolute Gasteiger partial charge is 0.126 e. The number of hydrogen-bond donors (Lipinski definition) is 1. The molecule has 0 bridgehead atoms. The molecule has 0 aliphatic carbocycles. The van der Waals surface area contributed by atoms with Crippen LogP contribution in [0.25, 0.3) is 0 Å². The molecule has 0 fully saturated rings. The standard InChI is InChI=1S/C16H20F2N2S/c1-11(6-15-4-3-5-21-15)20(2)16(10-19)12-7-13(17)9-14(18)8-12/h3-5,7-9,11,16H,6,10,19H2,1-2H3. The molecule has 0 spiro atoms. The largest absolute Gasteiger partial charge is 0.329 e. The lowest BCUT2D eigenvalue weighted by Crippen LogP contribution is -2.38. The number of nitrogens with two attached hydrogens (primary N) is 1. The summed E-state index contributed by atoms with van der Waals surface area (Å²) in [6, 6.07) is 7.73. The van der Waals surface area contributed by atoms with Crippen LogP contribution in [0, 0.1) is 11.6 Å². The van der Waals surface area contributed by atoms with Crippen molar-refractivity contribution in [2.45, 2.75) is 25.4 Å². The average Bonchev–Trinajstić information content (AvgIpc) is 2.91. The Morgan fingerprint density at radius 2 is 1.90 bits per heavy atom. The van der Waals surface area contributed by atoms with Crippen LogP contribution in [-0.2, 0) is 6.42 Å². The molecule has 2 unspecified atom stereocenters. The Labute approximate surface area is 128 Å². The van der Waals surface area contributed by atoms with Crippen molar-refractivity contribution in [2.75, 3.05) is 13.6 Å². The Morgan fingerprint density at radius 3 is 2.43 bits per heavy atom. The van der Waals surface area contributed by atoms with Crippen molar-refractivity contribution in [3.63, 3.8) is 0 Å². The lowest BCUT2D eigenvalue weighted by Gasteiger charge is -2.32. The predicted octanol–water partition coefficient (Wildman–Crippen LogP) is 3.59. The third-order valence-corrected chi connectivity index (χ3v) is 4.66. The van der Waals surface area contributed by atoms with Crippen molar-refractivity contribution in [1.82, 2.24) is 4.90 Å². The normalized spacial score (nSPS) is 14.4. The summed E-state index contributed by atoms with van der Waals surface area (Å²) in [7, 11) is 1.94. The minimum Gasteiger partial charge on any atom is -0.329 e. The molecule has 2 N–H and O–H groups in total. The van der Waals surface area contributed by atoms with Gasteiger partial charge in [0.05, 0.1) is 0 Å². The second kappa shape index (κ2) is 7.11. The summed E-state index contributed by atoms with van der Waals surface area (Å²) in [4.78, 5) is 3.36. The average molecular weight is 310 g/mol. The van der Waals surface area contributed by atoms with Crippen LogP contribution in [0.15, 0.2) is 35.7 Å². The van der Waals surface area contributed by atoms with E-state index < -0.39 is 11.6 Å². The maximum absolute atomic E-state index is 13.4. The lowest BCUT2D eigenvalue weighted by molar-refractivity contribution is 0.188. The first-order chi connectivity index (χ1) is 10.0. The minimum atomic E-state index is -0.567. The van der Waals surface area contributed by atoms with Gasteiger partial charge in [-0.1, -0.05) is 6.07 Å². The molecular weight excluding hydrogens is 290 g/mol. The summed E-state index contributed by atoms with van der Waals surface area (Å²) in [5.74, 6) is -1.13. The van der Waals surface area contributed by atoms with E-state index in [1.807, 2.05) is 18.5 Å². The van der Waals surface area contributed by atoms with E-state index in [4.69, 9.17) is 5.73 Å². The Balaban J connectivity index is 2.15. The highest BCUT2D eigenvalue weighted by molar-refractivity contribution is 7.09. The Hall–Kier alpha value is -1.30. The molecule has 2 rings (SSSR count). The second-order valence-electron chi connectivity index (χ2n) is 5.25. The van der Waals surface area contributed by atoms with Gasteiger partial charge in [0.2, 0.25) is 0 Å². The fourth-order valence-corrected chi connectivity index (χ4v) is 3.30. The molecule has 0 saturated carbocycles. The lowest BCUT2D eigenvalue weighted by atomic mass is 10.0. The van der Waals surface area contributed by atoms with Gasteiger partial charge in [0.15, 0.2) is 0 Å². The maximum Gasteiger partial charge on any atom is 0.126 e. The monoisotopic (exact) mass is 310 g/mol. The van der Waals surface area contributed by atoms with Crippen molar-refractivity contribution >= 4 is 11.3 Å². The molecule has 1 heterocycles. The molecule has 114 valence electrons. The summed E-state index contributed by atoms with van der Waals surface area (Å²) >= 11 is 1.71. The van der Waals surface area contributed by atoms with Crippen molar-refractivity contribution in [1.29, 1.82) is 0 Å². The highest BCUT2D eigenvalue weighted by atomic mass is 32.1. The van der Waals surface area contributed by atoms with Crippen molar-refractivity contribution in [2.24, 2.45) is 5.73 Å². The quantitative estimate of drug-likeness (QED) is 0.883. The van der Waals surface area contributed by atoms with Crippen LogP contribution >= 0.6 is 11.3 Å². The van der Waals surface area contributed by atoms with Gasteiger partial charge < -0.3 is 5.73 Å². The van der Waals surface area contributed by atoms with Crippen LogP contribution in [0.4, 0.5) is 8.78 Å². The van der Waals surface area contributed by atoms with Crippen LogP contribution in [0.1, 0.15) is 23.4 Å². The van der Waals surface area contributed by atoms with Gasteiger partial charge in [0, 0.05) is 29.6 Å². The number of nitrogens with zero attached hydrogens (tertiary/aromatic N) is 1. The number of likely N-dealkylation sites (N-methyl/N-ethyl adjacent to an activating group) is 1. The molecule has 2 atom stereocenters. The van der Waals surface area contributed by atoms with Crippen LogP contribution in [0.3, 0.4) is 0 Å². The highest BCUT2D eigenvalue weighted by Crippen LogP contribution is 2.24. The van der Waals surface area contributed by atoms with Crippen LogP contribution < -0.4 is 5.73 Å². The Morgan fingerprint density at radius 1 is 1.24 bits per heavy atom. The first kappa shape index (κ1) is 16.1. The summed E-state index contributed by atoms with van der Waals surface area (Å²) in [6.45, 7) is 2.41. The van der Waals surface area contributed by atoms with E-state index in [0.29, 0.717) is 12.1 Å². The number of halogens is 2. The molecule has 0 amide bonds. The summed E-state index contributed by atoms with van der Waals surface area (Å²) in [5.41, 5.74) is 6.41. The topological polar surface area (TPSA) is 29.3 Å². The molecule has 2 nitrogen and oxygen atoms in total. The van der Waals surface area contributed by atoms with Gasteiger partial charge in [-0.05, 0) is 49.5 Å². The number of rotatable bonds is 6. The summed E-state index contributed by atoms with van der Waals surface area (Å²) in [6.07, 6.45) is 0.891. The zero-order valence-electron chi connectivity index (χ0n) is 12.2. The fraction of sp³-hybridized carbons (Fsp3) is 0.375. The number of thiophene rings is 1. The Bertz CT molecular complexity index is 551. The molecule has 0 saturated heterocycles. The second-order valence-corrected chi connectivity index (χ2v) is 6.28. The molecule has 5 heteroatoms. The number of hydrogen-bond acceptors (Lipinski definition) is 3. The zero-order chi connectivity index (χ0) is 15.4. The van der Waals surface area contributed by atoms with E-state index in [-0.39, 0.29) is 12.1 Å². The molecule has 0 aliphatic rings. The van der Waals surface area contributed by atoms with Gasteiger partial charge in [-0.25, -0.2) is 8.78 Å². The summed E-state index contributed by atoms with van der Waals surface area (Å²) in [5, 5.41) is 2.05. The van der Waals surface area contributed by atoms with Gasteiger partial charge in [-0.15, -0.1) is 11.3 Å². The van der Waals surface area contributed by atoms with Gasteiger partial charge in [0.25, 0.3) is 0 Å². The molecule has 1 aromatic heterocycles. The molecule has 2 aromatic rings. The third kappa shape index (κ3) is 4.09. The van der Waals surface area contributed by atoms with Gasteiger partial charge in [-0.3, -0.25) is 4.90 Å². The SMILES string of the molecule is CC(Cc1cccs1)N(C)C(CN)c1cc(F)cc(F)c1. The first-order valence-electron chi connectivity index (χ1n) is 6.91.